The molecule has 0 spiro atoms. The molecule has 19 heavy (non-hydrogen) atoms. The summed E-state index contributed by atoms with van der Waals surface area (Å²) in [6.07, 6.45) is 0. The molecule has 100 valence electrons. The van der Waals surface area contributed by atoms with Crippen molar-refractivity contribution in [2.24, 2.45) is 0 Å². The minimum absolute atomic E-state index is 0.251. The number of nitrogens with one attached hydrogen (secondary N) is 1. The van der Waals surface area contributed by atoms with Crippen LogP contribution in [0.5, 0.6) is 0 Å². The van der Waals surface area contributed by atoms with Gasteiger partial charge in [0.05, 0.1) is 0 Å². The standard InChI is InChI=1S/C13H12BrCl2N3/c1-7(2)13-18-11(14)6-12(19-13)17-10-4-8(15)3-9(16)5-10/h3-7H,1-2H3,(H,17,18,19). The van der Waals surface area contributed by atoms with Gasteiger partial charge in [0.25, 0.3) is 0 Å². The molecule has 2 aromatic rings. The average molecular weight is 361 g/mol. The highest BCUT2D eigenvalue weighted by Gasteiger charge is 2.07. The highest BCUT2D eigenvalue weighted by Crippen LogP contribution is 2.26. The first-order valence-electron chi connectivity index (χ1n) is 5.71. The Bertz CT molecular complexity index is 582. The van der Waals surface area contributed by atoms with Crippen LogP contribution in [0.15, 0.2) is 28.9 Å². The molecule has 0 atom stereocenters. The molecule has 1 heterocycles. The third-order valence-electron chi connectivity index (χ3n) is 2.36. The number of nitrogens with zero attached hydrogens (tertiary/aromatic N) is 2. The molecule has 0 aliphatic carbocycles. The van der Waals surface area contributed by atoms with Gasteiger partial charge in [-0.2, -0.15) is 0 Å². The molecule has 0 amide bonds. The maximum absolute atomic E-state index is 5.96. The Kier molecular flexibility index (Phi) is 4.66. The highest BCUT2D eigenvalue weighted by atomic mass is 79.9. The van der Waals surface area contributed by atoms with Gasteiger partial charge >= 0.3 is 0 Å². The van der Waals surface area contributed by atoms with Crippen molar-refractivity contribution in [3.8, 4) is 0 Å². The van der Waals surface area contributed by atoms with Gasteiger partial charge < -0.3 is 5.32 Å². The minimum atomic E-state index is 0.251. The van der Waals surface area contributed by atoms with Crippen LogP contribution in [0.2, 0.25) is 10.0 Å². The van der Waals surface area contributed by atoms with Crippen molar-refractivity contribution in [3.63, 3.8) is 0 Å². The van der Waals surface area contributed by atoms with Gasteiger partial charge in [0, 0.05) is 27.7 Å². The number of anilines is 2. The molecule has 0 radical (unpaired) electrons. The van der Waals surface area contributed by atoms with Gasteiger partial charge in [-0.15, -0.1) is 0 Å². The van der Waals surface area contributed by atoms with Crippen LogP contribution in [0.3, 0.4) is 0 Å². The molecule has 2 rings (SSSR count). The molecule has 3 nitrogen and oxygen atoms in total. The zero-order valence-electron chi connectivity index (χ0n) is 10.4. The average Bonchev–Trinajstić information content (AvgIpc) is 2.26. The number of aromatic nitrogens is 2. The van der Waals surface area contributed by atoms with Gasteiger partial charge in [0.15, 0.2) is 0 Å². The van der Waals surface area contributed by atoms with E-state index in [2.05, 4.69) is 31.2 Å². The van der Waals surface area contributed by atoms with Crippen molar-refractivity contribution in [3.05, 3.63) is 44.7 Å². The lowest BCUT2D eigenvalue weighted by Crippen LogP contribution is -2.02. The van der Waals surface area contributed by atoms with Gasteiger partial charge in [-0.05, 0) is 34.1 Å². The van der Waals surface area contributed by atoms with E-state index >= 15 is 0 Å². The molecule has 1 aromatic carbocycles. The Hall–Kier alpha value is -0.840. The third kappa shape index (κ3) is 4.06. The summed E-state index contributed by atoms with van der Waals surface area (Å²) in [6.45, 7) is 4.09. The minimum Gasteiger partial charge on any atom is -0.340 e. The van der Waals surface area contributed by atoms with Gasteiger partial charge in [-0.25, -0.2) is 9.97 Å². The number of hydrogen-bond acceptors (Lipinski definition) is 3. The zero-order chi connectivity index (χ0) is 14.0. The van der Waals surface area contributed by atoms with Crippen LogP contribution in [0.1, 0.15) is 25.6 Å². The second-order valence-corrected chi connectivity index (χ2v) is 6.06. The van der Waals surface area contributed by atoms with E-state index in [0.717, 1.165) is 16.1 Å². The number of rotatable bonds is 3. The molecular weight excluding hydrogens is 349 g/mol. The van der Waals surface area contributed by atoms with Gasteiger partial charge in [0.1, 0.15) is 16.2 Å². The smallest absolute Gasteiger partial charge is 0.135 e. The Morgan fingerprint density at radius 3 is 2.26 bits per heavy atom. The summed E-state index contributed by atoms with van der Waals surface area (Å²) in [5, 5.41) is 4.32. The molecule has 0 unspecified atom stereocenters. The fourth-order valence-electron chi connectivity index (χ4n) is 1.53. The maximum atomic E-state index is 5.96. The van der Waals surface area contributed by atoms with Crippen LogP contribution < -0.4 is 5.32 Å². The Labute approximate surface area is 130 Å². The normalized spacial score (nSPS) is 10.8. The molecule has 0 saturated heterocycles. The van der Waals surface area contributed by atoms with E-state index in [4.69, 9.17) is 23.2 Å². The SMILES string of the molecule is CC(C)c1nc(Br)cc(Nc2cc(Cl)cc(Cl)c2)n1. The Morgan fingerprint density at radius 1 is 1.05 bits per heavy atom. The van der Waals surface area contributed by atoms with Crippen LogP contribution in [-0.2, 0) is 0 Å². The van der Waals surface area contributed by atoms with E-state index in [1.165, 1.54) is 0 Å². The van der Waals surface area contributed by atoms with Crippen molar-refractivity contribution in [1.29, 1.82) is 0 Å². The van der Waals surface area contributed by atoms with E-state index in [-0.39, 0.29) is 5.92 Å². The molecule has 0 saturated carbocycles. The first-order valence-corrected chi connectivity index (χ1v) is 7.26. The predicted molar refractivity (Wildman–Crippen MR) is 83.6 cm³/mol. The van der Waals surface area contributed by atoms with E-state index in [9.17, 15) is 0 Å². The summed E-state index contributed by atoms with van der Waals surface area (Å²) < 4.78 is 0.738. The van der Waals surface area contributed by atoms with Crippen molar-refractivity contribution < 1.29 is 0 Å². The number of benzene rings is 1. The highest BCUT2D eigenvalue weighted by molar-refractivity contribution is 9.10. The van der Waals surface area contributed by atoms with E-state index in [1.807, 2.05) is 13.8 Å². The summed E-state index contributed by atoms with van der Waals surface area (Å²) in [6, 6.07) is 7.07. The largest absolute Gasteiger partial charge is 0.340 e. The van der Waals surface area contributed by atoms with Crippen LogP contribution in [0.25, 0.3) is 0 Å². The first-order chi connectivity index (χ1) is 8.94. The molecule has 1 N–H and O–H groups in total. The van der Waals surface area contributed by atoms with Crippen molar-refractivity contribution in [1.82, 2.24) is 9.97 Å². The summed E-state index contributed by atoms with van der Waals surface area (Å²) in [7, 11) is 0. The van der Waals surface area contributed by atoms with Crippen LogP contribution in [0.4, 0.5) is 11.5 Å². The second kappa shape index (κ2) is 6.07. The third-order valence-corrected chi connectivity index (χ3v) is 3.21. The fraction of sp³-hybridized carbons (Fsp3) is 0.231. The molecule has 0 fully saturated rings. The predicted octanol–water partition coefficient (Wildman–Crippen LogP) is 5.41. The number of hydrogen-bond donors (Lipinski definition) is 1. The number of halogens is 3. The van der Waals surface area contributed by atoms with E-state index in [0.29, 0.717) is 15.9 Å². The topological polar surface area (TPSA) is 37.8 Å². The zero-order valence-corrected chi connectivity index (χ0v) is 13.5. The van der Waals surface area contributed by atoms with E-state index < -0.39 is 0 Å². The van der Waals surface area contributed by atoms with Crippen LogP contribution in [-0.4, -0.2) is 9.97 Å². The lowest BCUT2D eigenvalue weighted by molar-refractivity contribution is 0.771. The maximum Gasteiger partial charge on any atom is 0.135 e. The molecule has 1 aromatic heterocycles. The van der Waals surface area contributed by atoms with Crippen molar-refractivity contribution in [2.75, 3.05) is 5.32 Å². The van der Waals surface area contributed by atoms with Gasteiger partial charge in [-0.1, -0.05) is 37.0 Å². The van der Waals surface area contributed by atoms with Gasteiger partial charge in [-0.3, -0.25) is 0 Å². The Balaban J connectivity index is 2.32. The molecule has 0 bridgehead atoms. The lowest BCUT2D eigenvalue weighted by Gasteiger charge is -2.10. The summed E-state index contributed by atoms with van der Waals surface area (Å²) in [4.78, 5) is 8.77. The molecule has 0 aliphatic rings. The molecular formula is C13H12BrCl2N3. The lowest BCUT2D eigenvalue weighted by atomic mass is 10.2. The van der Waals surface area contributed by atoms with Crippen molar-refractivity contribution in [2.45, 2.75) is 19.8 Å². The summed E-state index contributed by atoms with van der Waals surface area (Å²) in [5.74, 6) is 1.72. The molecule has 6 heteroatoms. The first kappa shape index (κ1) is 14.6. The summed E-state index contributed by atoms with van der Waals surface area (Å²) in [5.41, 5.74) is 0.790. The molecule has 0 aliphatic heterocycles. The fourth-order valence-corrected chi connectivity index (χ4v) is 2.46. The quantitative estimate of drug-likeness (QED) is 0.743. The summed E-state index contributed by atoms with van der Waals surface area (Å²) >= 11 is 15.3. The second-order valence-electron chi connectivity index (χ2n) is 4.37. The van der Waals surface area contributed by atoms with Crippen LogP contribution in [0, 0.1) is 0 Å². The Morgan fingerprint density at radius 2 is 1.68 bits per heavy atom. The monoisotopic (exact) mass is 359 g/mol. The van der Waals surface area contributed by atoms with Crippen LogP contribution >= 0.6 is 39.1 Å². The van der Waals surface area contributed by atoms with E-state index in [1.54, 1.807) is 24.3 Å². The van der Waals surface area contributed by atoms with Crippen molar-refractivity contribution >= 4 is 50.6 Å². The van der Waals surface area contributed by atoms with Gasteiger partial charge in [0.2, 0.25) is 0 Å².